The maximum absolute atomic E-state index is 14.2. The van der Waals surface area contributed by atoms with Crippen LogP contribution in [-0.2, 0) is 4.57 Å². The van der Waals surface area contributed by atoms with Crippen molar-refractivity contribution < 1.29 is 14.1 Å². The molecule has 0 amide bonds. The summed E-state index contributed by atoms with van der Waals surface area (Å²) in [6, 6.07) is 23.4. The average molecular weight is 409 g/mol. The summed E-state index contributed by atoms with van der Waals surface area (Å²) in [4.78, 5) is 12.1. The SMILES string of the molecule is COc1ccc(NC(=S)P(=O)(c2ccccc2)c2ccccc2)c(C(C)=O)c1. The summed E-state index contributed by atoms with van der Waals surface area (Å²) in [6.07, 6.45) is 0. The first kappa shape index (κ1) is 20.0. The van der Waals surface area contributed by atoms with Gasteiger partial charge in [-0.3, -0.25) is 4.79 Å². The molecule has 0 saturated heterocycles. The molecule has 0 spiro atoms. The van der Waals surface area contributed by atoms with Crippen molar-refractivity contribution in [2.75, 3.05) is 12.4 Å². The van der Waals surface area contributed by atoms with E-state index in [0.29, 0.717) is 27.6 Å². The van der Waals surface area contributed by atoms with E-state index >= 15 is 0 Å². The minimum absolute atomic E-state index is 0.140. The molecule has 28 heavy (non-hydrogen) atoms. The van der Waals surface area contributed by atoms with E-state index in [1.807, 2.05) is 60.7 Å². The summed E-state index contributed by atoms with van der Waals surface area (Å²) < 4.78 is 19.6. The molecular weight excluding hydrogens is 389 g/mol. The van der Waals surface area contributed by atoms with Crippen molar-refractivity contribution in [3.05, 3.63) is 84.4 Å². The van der Waals surface area contributed by atoms with Crippen molar-refractivity contribution >= 4 is 46.2 Å². The fourth-order valence-corrected chi connectivity index (χ4v) is 5.88. The molecule has 3 aromatic carbocycles. The van der Waals surface area contributed by atoms with Gasteiger partial charge in [-0.25, -0.2) is 0 Å². The van der Waals surface area contributed by atoms with E-state index in [1.165, 1.54) is 14.0 Å². The van der Waals surface area contributed by atoms with Crippen LogP contribution in [0.1, 0.15) is 17.3 Å². The Balaban J connectivity index is 2.08. The molecule has 0 saturated carbocycles. The van der Waals surface area contributed by atoms with E-state index in [2.05, 4.69) is 5.32 Å². The molecule has 6 heteroatoms. The number of anilines is 1. The number of rotatable bonds is 6. The molecule has 0 atom stereocenters. The lowest BCUT2D eigenvalue weighted by molar-refractivity contribution is 0.101. The summed E-state index contributed by atoms with van der Waals surface area (Å²) in [7, 11) is -1.73. The minimum atomic E-state index is -3.27. The number of benzene rings is 3. The Kier molecular flexibility index (Phi) is 6.08. The average Bonchev–Trinajstić information content (AvgIpc) is 2.74. The number of Topliss-reactive ketones (excluding diaryl/α,β-unsaturated/α-hetero) is 1. The van der Waals surface area contributed by atoms with Gasteiger partial charge >= 0.3 is 0 Å². The van der Waals surface area contributed by atoms with Crippen LogP contribution in [0.25, 0.3) is 0 Å². The van der Waals surface area contributed by atoms with Gasteiger partial charge in [0.15, 0.2) is 12.9 Å². The largest absolute Gasteiger partial charge is 0.497 e. The smallest absolute Gasteiger partial charge is 0.197 e. The lowest BCUT2D eigenvalue weighted by atomic mass is 10.1. The molecule has 0 aliphatic rings. The van der Waals surface area contributed by atoms with E-state index in [-0.39, 0.29) is 10.5 Å². The number of hydrogen-bond donors (Lipinski definition) is 1. The maximum atomic E-state index is 14.2. The van der Waals surface area contributed by atoms with E-state index in [1.54, 1.807) is 18.2 Å². The van der Waals surface area contributed by atoms with Crippen LogP contribution in [0.15, 0.2) is 78.9 Å². The first-order valence-corrected chi connectivity index (χ1v) is 10.8. The van der Waals surface area contributed by atoms with E-state index < -0.39 is 7.14 Å². The molecule has 4 nitrogen and oxygen atoms in total. The Morgan fingerprint density at radius 1 is 0.929 bits per heavy atom. The number of thiocarbonyl (C=S) groups is 1. The molecular formula is C22H20NO3PS. The van der Waals surface area contributed by atoms with Crippen LogP contribution in [-0.4, -0.2) is 17.6 Å². The zero-order valence-corrected chi connectivity index (χ0v) is 17.3. The molecule has 0 heterocycles. The monoisotopic (exact) mass is 409 g/mol. The number of nitrogens with one attached hydrogen (secondary N) is 1. The summed E-state index contributed by atoms with van der Waals surface area (Å²) in [5.41, 5.74) is 0.930. The van der Waals surface area contributed by atoms with Crippen LogP contribution in [0.5, 0.6) is 5.75 Å². The fraction of sp³-hybridized carbons (Fsp3) is 0.0909. The molecule has 142 valence electrons. The normalized spacial score (nSPS) is 10.9. The standard InChI is InChI=1S/C22H20NO3PS/c1-16(24)20-15-17(26-2)13-14-21(20)23-22(28)27(25,18-9-5-3-6-10-18)19-11-7-4-8-12-19/h3-15H,1-2H3,(H,23,28). The Bertz CT molecular complexity index is 1010. The van der Waals surface area contributed by atoms with Gasteiger partial charge in [-0.2, -0.15) is 0 Å². The van der Waals surface area contributed by atoms with Crippen LogP contribution in [0.2, 0.25) is 0 Å². The van der Waals surface area contributed by atoms with Crippen molar-refractivity contribution in [3.63, 3.8) is 0 Å². The Morgan fingerprint density at radius 2 is 1.46 bits per heavy atom. The number of methoxy groups -OCH3 is 1. The Labute approximate surface area is 169 Å². The van der Waals surface area contributed by atoms with Crippen molar-refractivity contribution in [2.24, 2.45) is 0 Å². The summed E-state index contributed by atoms with van der Waals surface area (Å²) in [5, 5.41) is 4.34. The number of ether oxygens (including phenoxy) is 1. The predicted molar refractivity (Wildman–Crippen MR) is 119 cm³/mol. The third-order valence-corrected chi connectivity index (χ3v) is 7.98. The van der Waals surface area contributed by atoms with E-state index in [4.69, 9.17) is 17.0 Å². The molecule has 0 unspecified atom stereocenters. The maximum Gasteiger partial charge on any atom is 0.197 e. The van der Waals surface area contributed by atoms with Gasteiger partial charge in [0.1, 0.15) is 10.5 Å². The minimum Gasteiger partial charge on any atom is -0.497 e. The van der Waals surface area contributed by atoms with Gasteiger partial charge < -0.3 is 14.6 Å². The quantitative estimate of drug-likeness (QED) is 0.366. The van der Waals surface area contributed by atoms with E-state index in [9.17, 15) is 9.36 Å². The van der Waals surface area contributed by atoms with Gasteiger partial charge in [0, 0.05) is 16.2 Å². The first-order chi connectivity index (χ1) is 13.5. The van der Waals surface area contributed by atoms with Crippen molar-refractivity contribution in [2.45, 2.75) is 6.92 Å². The highest BCUT2D eigenvalue weighted by Gasteiger charge is 2.33. The highest BCUT2D eigenvalue weighted by Crippen LogP contribution is 2.45. The summed E-state index contributed by atoms with van der Waals surface area (Å²) in [5.74, 6) is 0.425. The number of ketones is 1. The molecule has 0 aliphatic heterocycles. The number of carbonyl (C=O) groups excluding carboxylic acids is 1. The second-order valence-electron chi connectivity index (χ2n) is 6.18. The highest BCUT2D eigenvalue weighted by molar-refractivity contribution is 8.08. The Morgan fingerprint density at radius 3 is 1.93 bits per heavy atom. The van der Waals surface area contributed by atoms with Gasteiger partial charge in [0.05, 0.1) is 12.8 Å². The van der Waals surface area contributed by atoms with Gasteiger partial charge in [0.25, 0.3) is 0 Å². The molecule has 0 aromatic heterocycles. The van der Waals surface area contributed by atoms with Gasteiger partial charge in [0.2, 0.25) is 0 Å². The first-order valence-electron chi connectivity index (χ1n) is 8.68. The second kappa shape index (κ2) is 8.51. The second-order valence-corrected chi connectivity index (χ2v) is 9.59. The number of hydrogen-bond acceptors (Lipinski definition) is 4. The van der Waals surface area contributed by atoms with Crippen LogP contribution in [0.4, 0.5) is 5.69 Å². The third-order valence-electron chi connectivity index (χ3n) is 4.37. The summed E-state index contributed by atoms with van der Waals surface area (Å²) >= 11 is 5.63. The van der Waals surface area contributed by atoms with Gasteiger partial charge in [-0.15, -0.1) is 0 Å². The Hall–Kier alpha value is -2.75. The molecule has 1 N–H and O–H groups in total. The fourth-order valence-electron chi connectivity index (χ4n) is 2.90. The molecule has 0 aliphatic carbocycles. The van der Waals surface area contributed by atoms with E-state index in [0.717, 1.165) is 0 Å². The lowest BCUT2D eigenvalue weighted by Gasteiger charge is -2.22. The topological polar surface area (TPSA) is 55.4 Å². The zero-order chi connectivity index (χ0) is 20.1. The molecule has 0 bridgehead atoms. The molecule has 3 rings (SSSR count). The third kappa shape index (κ3) is 3.91. The van der Waals surface area contributed by atoms with Crippen LogP contribution < -0.4 is 20.7 Å². The molecule has 0 fully saturated rings. The highest BCUT2D eigenvalue weighted by atomic mass is 32.1. The van der Waals surface area contributed by atoms with Crippen LogP contribution in [0, 0.1) is 0 Å². The van der Waals surface area contributed by atoms with Gasteiger partial charge in [-0.05, 0) is 25.1 Å². The van der Waals surface area contributed by atoms with Gasteiger partial charge in [-0.1, -0.05) is 72.9 Å². The number of carbonyl (C=O) groups is 1. The predicted octanol–water partition coefficient (Wildman–Crippen LogP) is 4.61. The zero-order valence-electron chi connectivity index (χ0n) is 15.6. The van der Waals surface area contributed by atoms with Crippen LogP contribution >= 0.6 is 19.4 Å². The lowest BCUT2D eigenvalue weighted by Crippen LogP contribution is -2.26. The van der Waals surface area contributed by atoms with Crippen molar-refractivity contribution in [3.8, 4) is 5.75 Å². The van der Waals surface area contributed by atoms with Crippen molar-refractivity contribution in [1.29, 1.82) is 0 Å². The molecule has 0 radical (unpaired) electrons. The van der Waals surface area contributed by atoms with Crippen LogP contribution in [0.3, 0.4) is 0 Å². The molecule has 3 aromatic rings. The summed E-state index contributed by atoms with van der Waals surface area (Å²) in [6.45, 7) is 1.47. The van der Waals surface area contributed by atoms with Crippen molar-refractivity contribution in [1.82, 2.24) is 0 Å².